The molecule has 1 unspecified atom stereocenters. The lowest BCUT2D eigenvalue weighted by atomic mass is 9.93. The fourth-order valence-corrected chi connectivity index (χ4v) is 1.81. The molecule has 0 aliphatic carbocycles. The summed E-state index contributed by atoms with van der Waals surface area (Å²) in [5.74, 6) is -0.489. The van der Waals surface area contributed by atoms with Crippen LogP contribution in [0.1, 0.15) is 28.4 Å². The Bertz CT molecular complexity index is 434. The number of hydrogen-bond acceptors (Lipinski definition) is 3. The highest BCUT2D eigenvalue weighted by Crippen LogP contribution is 2.23. The first-order valence-corrected chi connectivity index (χ1v) is 4.89. The van der Waals surface area contributed by atoms with E-state index in [1.807, 2.05) is 19.1 Å². The van der Waals surface area contributed by atoms with E-state index in [2.05, 4.69) is 0 Å². The zero-order chi connectivity index (χ0) is 11.0. The van der Waals surface area contributed by atoms with Crippen LogP contribution in [0.25, 0.3) is 0 Å². The maximum absolute atomic E-state index is 11.6. The van der Waals surface area contributed by atoms with Crippen molar-refractivity contribution in [2.45, 2.75) is 26.4 Å². The number of cyclic esters (lactones) is 1. The van der Waals surface area contributed by atoms with Gasteiger partial charge in [-0.2, -0.15) is 0 Å². The second-order valence-electron chi connectivity index (χ2n) is 3.81. The third kappa shape index (κ3) is 1.65. The average molecular weight is 204 g/mol. The van der Waals surface area contributed by atoms with Crippen molar-refractivity contribution >= 4 is 11.8 Å². The van der Waals surface area contributed by atoms with Crippen molar-refractivity contribution in [2.75, 3.05) is 0 Å². The van der Waals surface area contributed by atoms with Gasteiger partial charge in [-0.05, 0) is 31.0 Å². The molecular weight excluding hydrogens is 192 g/mol. The Balaban J connectivity index is 2.46. The molecule has 15 heavy (non-hydrogen) atoms. The summed E-state index contributed by atoms with van der Waals surface area (Å²) >= 11 is 0. The van der Waals surface area contributed by atoms with Gasteiger partial charge in [0.15, 0.2) is 11.9 Å². The minimum absolute atomic E-state index is 0.0998. The van der Waals surface area contributed by atoms with Crippen LogP contribution in [0.2, 0.25) is 0 Å². The predicted molar refractivity (Wildman–Crippen MR) is 54.8 cm³/mol. The summed E-state index contributed by atoms with van der Waals surface area (Å²) in [6.45, 7) is 3.38. The molecule has 0 bridgehead atoms. The van der Waals surface area contributed by atoms with E-state index in [4.69, 9.17) is 4.74 Å². The molecule has 0 spiro atoms. The van der Waals surface area contributed by atoms with Gasteiger partial charge < -0.3 is 4.74 Å². The van der Waals surface area contributed by atoms with Crippen molar-refractivity contribution in [1.82, 2.24) is 0 Å². The van der Waals surface area contributed by atoms with Crippen LogP contribution in [0.15, 0.2) is 18.2 Å². The fraction of sp³-hybridized carbons (Fsp3) is 0.333. The molecule has 78 valence electrons. The molecule has 1 atom stereocenters. The Morgan fingerprint density at radius 3 is 2.87 bits per heavy atom. The van der Waals surface area contributed by atoms with E-state index < -0.39 is 6.10 Å². The molecule has 2 rings (SSSR count). The number of carbonyl (C=O) groups is 2. The van der Waals surface area contributed by atoms with Crippen molar-refractivity contribution < 1.29 is 14.3 Å². The molecule has 0 N–H and O–H groups in total. The van der Waals surface area contributed by atoms with E-state index >= 15 is 0 Å². The van der Waals surface area contributed by atoms with Crippen LogP contribution in [0.5, 0.6) is 0 Å². The van der Waals surface area contributed by atoms with Crippen molar-refractivity contribution in [3.63, 3.8) is 0 Å². The highest BCUT2D eigenvalue weighted by molar-refractivity contribution is 5.96. The lowest BCUT2D eigenvalue weighted by Gasteiger charge is -2.23. The molecule has 1 heterocycles. The van der Waals surface area contributed by atoms with Gasteiger partial charge in [0, 0.05) is 6.42 Å². The number of rotatable bonds is 1. The van der Waals surface area contributed by atoms with Gasteiger partial charge in [-0.15, -0.1) is 0 Å². The lowest BCUT2D eigenvalue weighted by Crippen LogP contribution is -2.33. The highest BCUT2D eigenvalue weighted by atomic mass is 16.5. The number of fused-ring (bicyclic) bond motifs is 1. The zero-order valence-corrected chi connectivity index (χ0v) is 8.74. The number of ether oxygens (including phenoxy) is 1. The van der Waals surface area contributed by atoms with E-state index in [1.165, 1.54) is 6.92 Å². The Labute approximate surface area is 88.1 Å². The molecule has 1 aliphatic heterocycles. The smallest absolute Gasteiger partial charge is 0.339 e. The van der Waals surface area contributed by atoms with Gasteiger partial charge in [0.05, 0.1) is 5.56 Å². The van der Waals surface area contributed by atoms with Gasteiger partial charge in [0.2, 0.25) is 0 Å². The largest absolute Gasteiger partial charge is 0.450 e. The van der Waals surface area contributed by atoms with E-state index in [-0.39, 0.29) is 11.8 Å². The van der Waals surface area contributed by atoms with Crippen LogP contribution < -0.4 is 0 Å². The lowest BCUT2D eigenvalue weighted by molar-refractivity contribution is -0.125. The van der Waals surface area contributed by atoms with Crippen LogP contribution >= 0.6 is 0 Å². The van der Waals surface area contributed by atoms with Crippen molar-refractivity contribution in [3.05, 3.63) is 34.9 Å². The van der Waals surface area contributed by atoms with E-state index in [9.17, 15) is 9.59 Å². The molecule has 0 saturated carbocycles. The zero-order valence-electron chi connectivity index (χ0n) is 8.74. The molecule has 0 aromatic heterocycles. The molecular formula is C12H12O3. The first kappa shape index (κ1) is 9.90. The number of benzene rings is 1. The van der Waals surface area contributed by atoms with Gasteiger partial charge in [0.1, 0.15) is 0 Å². The van der Waals surface area contributed by atoms with Crippen LogP contribution in [-0.2, 0) is 16.0 Å². The van der Waals surface area contributed by atoms with Crippen molar-refractivity contribution in [1.29, 1.82) is 0 Å². The minimum Gasteiger partial charge on any atom is -0.450 e. The molecule has 3 nitrogen and oxygen atoms in total. The number of esters is 1. The van der Waals surface area contributed by atoms with Gasteiger partial charge in [-0.3, -0.25) is 4.79 Å². The molecule has 1 aromatic carbocycles. The summed E-state index contributed by atoms with van der Waals surface area (Å²) < 4.78 is 5.04. The van der Waals surface area contributed by atoms with E-state index in [1.54, 1.807) is 6.07 Å². The summed E-state index contributed by atoms with van der Waals surface area (Å²) in [4.78, 5) is 22.8. The Morgan fingerprint density at radius 2 is 2.20 bits per heavy atom. The van der Waals surface area contributed by atoms with Crippen molar-refractivity contribution in [2.24, 2.45) is 0 Å². The van der Waals surface area contributed by atoms with Gasteiger partial charge in [-0.25, -0.2) is 4.79 Å². The van der Waals surface area contributed by atoms with E-state index in [0.29, 0.717) is 12.0 Å². The number of ketones is 1. The predicted octanol–water partition coefficient (Wildman–Crippen LogP) is 1.67. The molecule has 3 heteroatoms. The quantitative estimate of drug-likeness (QED) is 0.653. The molecule has 0 amide bonds. The van der Waals surface area contributed by atoms with Gasteiger partial charge >= 0.3 is 5.97 Å². The van der Waals surface area contributed by atoms with E-state index in [0.717, 1.165) is 11.1 Å². The summed E-state index contributed by atoms with van der Waals surface area (Å²) in [5, 5.41) is 0. The van der Waals surface area contributed by atoms with Crippen LogP contribution in [0, 0.1) is 6.92 Å². The topological polar surface area (TPSA) is 43.4 Å². The molecule has 0 fully saturated rings. The third-order valence-corrected chi connectivity index (χ3v) is 2.72. The Morgan fingerprint density at radius 1 is 1.47 bits per heavy atom. The number of carbonyl (C=O) groups excluding carboxylic acids is 2. The van der Waals surface area contributed by atoms with Gasteiger partial charge in [-0.1, -0.05) is 12.1 Å². The monoisotopic (exact) mass is 204 g/mol. The molecule has 1 aromatic rings. The van der Waals surface area contributed by atoms with Crippen molar-refractivity contribution in [3.8, 4) is 0 Å². The minimum atomic E-state index is -0.605. The average Bonchev–Trinajstić information content (AvgIpc) is 2.19. The molecule has 0 radical (unpaired) electrons. The molecule has 1 aliphatic rings. The first-order chi connectivity index (χ1) is 7.09. The summed E-state index contributed by atoms with van der Waals surface area (Å²) in [6, 6.07) is 5.50. The SMILES string of the molecule is CC(=O)C1Cc2c(C)cccc2C(=O)O1. The standard InChI is InChI=1S/C12H12O3/c1-7-4-3-5-9-10(7)6-11(8(2)13)15-12(9)14/h3-5,11H,6H2,1-2H3. The second kappa shape index (κ2) is 3.50. The second-order valence-corrected chi connectivity index (χ2v) is 3.81. The first-order valence-electron chi connectivity index (χ1n) is 4.89. The number of hydrogen-bond donors (Lipinski definition) is 0. The Kier molecular flexibility index (Phi) is 2.31. The Hall–Kier alpha value is -1.64. The number of aryl methyl sites for hydroxylation is 1. The summed E-state index contributed by atoms with van der Waals surface area (Å²) in [6.07, 6.45) is -0.102. The van der Waals surface area contributed by atoms with Crippen LogP contribution in [0.4, 0.5) is 0 Å². The normalized spacial score (nSPS) is 19.3. The maximum Gasteiger partial charge on any atom is 0.339 e. The van der Waals surface area contributed by atoms with Crippen LogP contribution in [-0.4, -0.2) is 17.9 Å². The third-order valence-electron chi connectivity index (χ3n) is 2.72. The summed E-state index contributed by atoms with van der Waals surface area (Å²) in [7, 11) is 0. The maximum atomic E-state index is 11.6. The van der Waals surface area contributed by atoms with Crippen LogP contribution in [0.3, 0.4) is 0 Å². The highest BCUT2D eigenvalue weighted by Gasteiger charge is 2.29. The number of Topliss-reactive ketones (excluding diaryl/α,β-unsaturated/α-hetero) is 1. The molecule has 0 saturated heterocycles. The summed E-state index contributed by atoms with van der Waals surface area (Å²) in [5.41, 5.74) is 2.57. The fourth-order valence-electron chi connectivity index (χ4n) is 1.81. The van der Waals surface area contributed by atoms with Gasteiger partial charge in [0.25, 0.3) is 0 Å².